The summed E-state index contributed by atoms with van der Waals surface area (Å²) in [5.41, 5.74) is 9.97. The van der Waals surface area contributed by atoms with Crippen LogP contribution in [-0.2, 0) is 12.0 Å². The zero-order valence-corrected chi connectivity index (χ0v) is 20.3. The number of aliphatic hydroxyl groups is 1. The summed E-state index contributed by atoms with van der Waals surface area (Å²) in [4.78, 5) is 6.48. The number of ether oxygens (including phenoxy) is 1. The molecule has 2 aliphatic heterocycles. The average Bonchev–Trinajstić information content (AvgIpc) is 3.53. The number of anilines is 1. The third-order valence-corrected chi connectivity index (χ3v) is 7.41. The van der Waals surface area contributed by atoms with E-state index in [4.69, 9.17) is 27.2 Å². The van der Waals surface area contributed by atoms with E-state index in [1.807, 2.05) is 44.2 Å². The van der Waals surface area contributed by atoms with Crippen molar-refractivity contribution >= 4 is 17.4 Å². The molecule has 4 heterocycles. The predicted molar refractivity (Wildman–Crippen MR) is 133 cm³/mol. The van der Waals surface area contributed by atoms with Gasteiger partial charge in [0, 0.05) is 53.1 Å². The summed E-state index contributed by atoms with van der Waals surface area (Å²) in [6.45, 7) is 7.22. The molecule has 1 saturated heterocycles. The van der Waals surface area contributed by atoms with Crippen LogP contribution in [0.25, 0.3) is 11.3 Å². The zero-order valence-electron chi connectivity index (χ0n) is 19.5. The summed E-state index contributed by atoms with van der Waals surface area (Å²) in [6.07, 6.45) is 2.89. The molecule has 2 unspecified atom stereocenters. The number of nitrogens with zero attached hydrogens (tertiary/aromatic N) is 4. The number of rotatable bonds is 7. The minimum Gasteiger partial charge on any atom is -0.482 e. The Morgan fingerprint density at radius 3 is 2.85 bits per heavy atom. The van der Waals surface area contributed by atoms with Gasteiger partial charge >= 0.3 is 0 Å². The van der Waals surface area contributed by atoms with E-state index in [1.165, 1.54) is 5.69 Å². The number of aromatic nitrogens is 3. The zero-order chi connectivity index (χ0) is 23.9. The molecule has 0 bridgehead atoms. The van der Waals surface area contributed by atoms with E-state index in [-0.39, 0.29) is 11.5 Å². The molecule has 1 fully saturated rings. The van der Waals surface area contributed by atoms with E-state index < -0.39 is 6.35 Å². The quantitative estimate of drug-likeness (QED) is 0.442. The summed E-state index contributed by atoms with van der Waals surface area (Å²) in [7, 11) is 0. The Bertz CT molecular complexity index is 1180. The van der Waals surface area contributed by atoms with Crippen molar-refractivity contribution in [1.82, 2.24) is 25.0 Å². The van der Waals surface area contributed by atoms with Crippen LogP contribution in [0, 0.1) is 0 Å². The summed E-state index contributed by atoms with van der Waals surface area (Å²) in [6, 6.07) is 11.7. The molecule has 3 aromatic rings. The molecule has 2 aromatic heterocycles. The number of halogens is 1. The van der Waals surface area contributed by atoms with Gasteiger partial charge in [-0.05, 0) is 44.5 Å². The number of aliphatic hydroxyl groups excluding tert-OH is 1. The maximum Gasteiger partial charge on any atom is 0.166 e. The van der Waals surface area contributed by atoms with Crippen LogP contribution in [0.15, 0.2) is 42.6 Å². The van der Waals surface area contributed by atoms with E-state index in [0.717, 1.165) is 55.8 Å². The Balaban J connectivity index is 1.38. The normalized spacial score (nSPS) is 21.6. The molecule has 4 N–H and O–H groups in total. The molecule has 0 aliphatic carbocycles. The van der Waals surface area contributed by atoms with Gasteiger partial charge < -0.3 is 15.6 Å². The largest absolute Gasteiger partial charge is 0.482 e. The molecule has 5 rings (SSSR count). The lowest BCUT2D eigenvalue weighted by Crippen LogP contribution is -2.45. The second-order valence-electron chi connectivity index (χ2n) is 9.21. The van der Waals surface area contributed by atoms with Gasteiger partial charge in [-0.3, -0.25) is 14.9 Å². The SMILES string of the molecule is CCNC(O)N1CCC2(CCn3nc(-c4cnc(N)c(O[C@@H](C)c5ccccc5Cl)c4)cc32)C1. The Morgan fingerprint density at radius 2 is 2.06 bits per heavy atom. The van der Waals surface area contributed by atoms with E-state index in [0.29, 0.717) is 16.6 Å². The lowest BCUT2D eigenvalue weighted by atomic mass is 9.82. The van der Waals surface area contributed by atoms with E-state index in [2.05, 4.69) is 25.9 Å². The number of fused-ring (bicyclic) bond motifs is 2. The fraction of sp³-hybridized carbons (Fsp3) is 0.440. The number of likely N-dealkylation sites (tertiary alicyclic amines) is 1. The van der Waals surface area contributed by atoms with Gasteiger partial charge in [0.2, 0.25) is 0 Å². The lowest BCUT2D eigenvalue weighted by molar-refractivity contribution is -0.00920. The van der Waals surface area contributed by atoms with Crippen LogP contribution in [0.2, 0.25) is 5.02 Å². The van der Waals surface area contributed by atoms with Crippen molar-refractivity contribution in [3.8, 4) is 17.0 Å². The van der Waals surface area contributed by atoms with E-state index >= 15 is 0 Å². The van der Waals surface area contributed by atoms with Crippen molar-refractivity contribution < 1.29 is 9.84 Å². The first-order chi connectivity index (χ1) is 16.4. The first-order valence-electron chi connectivity index (χ1n) is 11.8. The topological polar surface area (TPSA) is 101 Å². The number of hydrogen-bond donors (Lipinski definition) is 3. The minimum atomic E-state index is -0.609. The van der Waals surface area contributed by atoms with Gasteiger partial charge in [0.1, 0.15) is 6.10 Å². The van der Waals surface area contributed by atoms with Crippen molar-refractivity contribution in [1.29, 1.82) is 0 Å². The molecule has 2 aliphatic rings. The van der Waals surface area contributed by atoms with Gasteiger partial charge in [0.15, 0.2) is 17.9 Å². The van der Waals surface area contributed by atoms with Crippen molar-refractivity contribution in [2.24, 2.45) is 0 Å². The van der Waals surface area contributed by atoms with E-state index in [1.54, 1.807) is 6.20 Å². The maximum absolute atomic E-state index is 10.4. The molecule has 180 valence electrons. The number of nitrogens with two attached hydrogens (primary N) is 1. The van der Waals surface area contributed by atoms with Crippen molar-refractivity contribution in [3.05, 3.63) is 58.9 Å². The van der Waals surface area contributed by atoms with Gasteiger partial charge in [0.05, 0.1) is 5.69 Å². The summed E-state index contributed by atoms with van der Waals surface area (Å²) >= 11 is 6.34. The van der Waals surface area contributed by atoms with Crippen LogP contribution < -0.4 is 15.8 Å². The lowest BCUT2D eigenvalue weighted by Gasteiger charge is -2.26. The summed E-state index contributed by atoms with van der Waals surface area (Å²) in [5.74, 6) is 0.836. The fourth-order valence-corrected chi connectivity index (χ4v) is 5.48. The number of benzene rings is 1. The second-order valence-corrected chi connectivity index (χ2v) is 9.62. The standard InChI is InChI=1S/C25H31ClN6O2/c1-3-28-24(33)31-10-8-25(15-31)9-11-32-22(25)13-20(30-32)17-12-21(23(27)29-14-17)34-16(2)18-6-4-5-7-19(18)26/h4-7,12-14,16,24,28,33H,3,8-11,15H2,1-2H3,(H2,27,29)/t16-,24?,25?/m0/s1. The minimum absolute atomic E-state index is 0.0147. The van der Waals surface area contributed by atoms with Gasteiger partial charge in [-0.1, -0.05) is 36.7 Å². The smallest absolute Gasteiger partial charge is 0.166 e. The summed E-state index contributed by atoms with van der Waals surface area (Å²) in [5, 5.41) is 19.0. The first-order valence-corrected chi connectivity index (χ1v) is 12.2. The molecule has 9 heteroatoms. The third-order valence-electron chi connectivity index (χ3n) is 7.07. The van der Waals surface area contributed by atoms with Gasteiger partial charge in [0.25, 0.3) is 0 Å². The number of nitrogen functional groups attached to an aromatic ring is 1. The van der Waals surface area contributed by atoms with Crippen LogP contribution in [-0.4, -0.2) is 50.8 Å². The van der Waals surface area contributed by atoms with Crippen LogP contribution in [0.3, 0.4) is 0 Å². The molecular weight excluding hydrogens is 452 g/mol. The highest BCUT2D eigenvalue weighted by Gasteiger charge is 2.46. The average molecular weight is 483 g/mol. The van der Waals surface area contributed by atoms with Crippen LogP contribution in [0.4, 0.5) is 5.82 Å². The molecular formula is C25H31ClN6O2. The number of aryl methyl sites for hydroxylation is 1. The highest BCUT2D eigenvalue weighted by atomic mass is 35.5. The monoisotopic (exact) mass is 482 g/mol. The Kier molecular flexibility index (Phi) is 6.24. The molecule has 34 heavy (non-hydrogen) atoms. The molecule has 8 nitrogen and oxygen atoms in total. The number of hydrogen-bond acceptors (Lipinski definition) is 7. The second kappa shape index (κ2) is 9.19. The summed E-state index contributed by atoms with van der Waals surface area (Å²) < 4.78 is 8.26. The molecule has 0 amide bonds. The Hall–Kier alpha value is -2.65. The van der Waals surface area contributed by atoms with Crippen molar-refractivity contribution in [2.45, 2.75) is 51.1 Å². The number of nitrogens with one attached hydrogen (secondary N) is 1. The molecule has 1 aromatic carbocycles. The van der Waals surface area contributed by atoms with E-state index in [9.17, 15) is 5.11 Å². The van der Waals surface area contributed by atoms with Gasteiger partial charge in [-0.25, -0.2) is 4.98 Å². The molecule has 3 atom stereocenters. The third kappa shape index (κ3) is 4.15. The van der Waals surface area contributed by atoms with Crippen LogP contribution >= 0.6 is 11.6 Å². The van der Waals surface area contributed by atoms with Crippen LogP contribution in [0.1, 0.15) is 44.1 Å². The Morgan fingerprint density at radius 1 is 1.26 bits per heavy atom. The highest BCUT2D eigenvalue weighted by Crippen LogP contribution is 2.44. The Labute approximate surface area is 204 Å². The maximum atomic E-state index is 10.4. The van der Waals surface area contributed by atoms with Crippen molar-refractivity contribution in [3.63, 3.8) is 0 Å². The fourth-order valence-electron chi connectivity index (χ4n) is 5.19. The van der Waals surface area contributed by atoms with Crippen molar-refractivity contribution in [2.75, 3.05) is 25.4 Å². The molecule has 0 radical (unpaired) electrons. The first kappa shape index (κ1) is 23.1. The highest BCUT2D eigenvalue weighted by molar-refractivity contribution is 6.31. The van der Waals surface area contributed by atoms with Gasteiger partial charge in [-0.15, -0.1) is 0 Å². The number of pyridine rings is 1. The van der Waals surface area contributed by atoms with Gasteiger partial charge in [-0.2, -0.15) is 5.10 Å². The predicted octanol–water partition coefficient (Wildman–Crippen LogP) is 3.55. The van der Waals surface area contributed by atoms with Crippen LogP contribution in [0.5, 0.6) is 5.75 Å². The molecule has 0 saturated carbocycles. The molecule has 1 spiro atoms.